The summed E-state index contributed by atoms with van der Waals surface area (Å²) in [6.45, 7) is 0. The third kappa shape index (κ3) is 15.1. The van der Waals surface area contributed by atoms with Crippen molar-refractivity contribution in [2.45, 2.75) is 0 Å². The first-order valence-corrected chi connectivity index (χ1v) is 13.3. The topological polar surface area (TPSA) is 127 Å². The summed E-state index contributed by atoms with van der Waals surface area (Å²) in [6.07, 6.45) is 0. The molecular weight excluding hydrogens is 739 g/mol. The van der Waals surface area contributed by atoms with Gasteiger partial charge in [0.15, 0.2) is 0 Å². The van der Waals surface area contributed by atoms with E-state index in [4.69, 9.17) is 20.4 Å². The van der Waals surface area contributed by atoms with Crippen LogP contribution < -0.4 is 11.3 Å². The normalized spacial score (nSPS) is 8.57. The van der Waals surface area contributed by atoms with Gasteiger partial charge >= 0.3 is 125 Å². The Hall–Kier alpha value is -2.00. The van der Waals surface area contributed by atoms with Crippen molar-refractivity contribution in [3.05, 3.63) is 106 Å². The molecule has 0 saturated heterocycles. The summed E-state index contributed by atoms with van der Waals surface area (Å²) >= 11 is 1.62. The molecule has 1 N–H and O–H groups in total. The van der Waals surface area contributed by atoms with Crippen LogP contribution in [0.5, 0.6) is 5.75 Å². The van der Waals surface area contributed by atoms with Crippen molar-refractivity contribution < 1.29 is 72.3 Å². The third-order valence-electron chi connectivity index (χ3n) is 2.80. The number of hydrogen-bond acceptors (Lipinski definition) is 5. The van der Waals surface area contributed by atoms with Crippen molar-refractivity contribution in [3.63, 3.8) is 0 Å². The molecule has 3 aromatic carbocycles. The molecule has 3 rings (SSSR count). The zero-order valence-corrected chi connectivity index (χ0v) is 25.9. The van der Waals surface area contributed by atoms with E-state index in [0.717, 1.165) is 52.2 Å². The molecule has 28 heavy (non-hydrogen) atoms. The first kappa shape index (κ1) is 26.0. The van der Waals surface area contributed by atoms with Crippen molar-refractivity contribution in [1.29, 1.82) is 0 Å². The molecule has 0 spiro atoms. The third-order valence-corrected chi connectivity index (χ3v) is 6.47. The number of aromatic carboxylic acids is 1. The number of nitrogens with zero attached hydrogens (tertiary/aromatic N) is 1. The monoisotopic (exact) mass is 757 g/mol. The Morgan fingerprint density at radius 1 is 0.750 bits per heavy atom. The van der Waals surface area contributed by atoms with Crippen molar-refractivity contribution in [2.75, 3.05) is 0 Å². The second kappa shape index (κ2) is 16.0. The number of carboxylic acid groups (broad SMARTS) is 1. The molecule has 0 saturated carbocycles. The fourth-order valence-electron chi connectivity index (χ4n) is 1.60. The average molecular weight is 755 g/mol. The summed E-state index contributed by atoms with van der Waals surface area (Å²) in [4.78, 5) is 18.5. The molecule has 0 bridgehead atoms. The minimum absolute atomic E-state index is 0.178. The zero-order chi connectivity index (χ0) is 21.4. The minimum atomic E-state index is -1.75. The summed E-state index contributed by atoms with van der Waals surface area (Å²) in [5, 5.41) is 33.8. The fraction of sp³-hybridized carbons (Fsp3) is 0. The molecule has 0 fully saturated rings. The van der Waals surface area contributed by atoms with Crippen molar-refractivity contribution >= 4 is 12.1 Å². The van der Waals surface area contributed by atoms with Gasteiger partial charge in [-0.1, -0.05) is 23.9 Å². The second-order valence-corrected chi connectivity index (χ2v) is 11.3. The molecule has 3 aromatic rings. The van der Waals surface area contributed by atoms with Gasteiger partial charge in [-0.05, 0) is 6.07 Å². The van der Waals surface area contributed by atoms with Crippen LogP contribution in [0.25, 0.3) is 0 Å². The quantitative estimate of drug-likeness (QED) is 0.230. The predicted molar refractivity (Wildman–Crippen MR) is 95.4 cm³/mol. The van der Waals surface area contributed by atoms with E-state index in [9.17, 15) is 9.90 Å². The van der Waals surface area contributed by atoms with Gasteiger partial charge in [-0.15, -0.1) is 0 Å². The molecular formula is C19H15Hg2NO6. The van der Waals surface area contributed by atoms with E-state index in [1.54, 1.807) is 0 Å². The Labute approximate surface area is 194 Å². The van der Waals surface area contributed by atoms with E-state index >= 15 is 0 Å². The van der Waals surface area contributed by atoms with E-state index in [-0.39, 0.29) is 5.56 Å². The van der Waals surface area contributed by atoms with Gasteiger partial charge in [0, 0.05) is 0 Å². The van der Waals surface area contributed by atoms with Gasteiger partial charge in [0.2, 0.25) is 0 Å². The molecule has 0 aliphatic heterocycles. The Morgan fingerprint density at radius 3 is 1.29 bits per heavy atom. The van der Waals surface area contributed by atoms with Crippen molar-refractivity contribution in [3.8, 4) is 5.75 Å². The van der Waals surface area contributed by atoms with Gasteiger partial charge in [-0.2, -0.15) is 0 Å². The van der Waals surface area contributed by atoms with Gasteiger partial charge in [0.25, 0.3) is 0 Å². The molecule has 0 atom stereocenters. The molecule has 0 unspecified atom stereocenters. The van der Waals surface area contributed by atoms with Crippen LogP contribution in [-0.2, 0) is 52.2 Å². The zero-order valence-electron chi connectivity index (χ0n) is 14.9. The summed E-state index contributed by atoms with van der Waals surface area (Å²) in [7, 11) is 0. The van der Waals surface area contributed by atoms with E-state index in [1.165, 1.54) is 30.4 Å². The van der Waals surface area contributed by atoms with E-state index in [1.807, 2.05) is 0 Å². The Morgan fingerprint density at radius 2 is 1.07 bits per heavy atom. The van der Waals surface area contributed by atoms with E-state index in [0.29, 0.717) is 0 Å². The number of carbonyl (C=O) groups is 1. The molecule has 136 valence electrons. The van der Waals surface area contributed by atoms with Gasteiger partial charge < -0.3 is 25.5 Å². The van der Waals surface area contributed by atoms with Crippen LogP contribution in [0.1, 0.15) is 10.4 Å². The van der Waals surface area contributed by atoms with E-state index in [2.05, 4.69) is 60.7 Å². The van der Waals surface area contributed by atoms with Crippen LogP contribution >= 0.6 is 0 Å². The number of rotatable bonds is 1. The Kier molecular flexibility index (Phi) is 14.9. The van der Waals surface area contributed by atoms with Crippen LogP contribution in [-0.4, -0.2) is 16.2 Å². The van der Waals surface area contributed by atoms with E-state index < -0.39 is 16.8 Å². The number of para-hydroxylation sites is 1. The first-order chi connectivity index (χ1) is 13.2. The molecule has 7 nitrogen and oxygen atoms in total. The van der Waals surface area contributed by atoms with Crippen LogP contribution in [0, 0.1) is 15.3 Å². The first-order valence-electron chi connectivity index (χ1n) is 7.79. The molecule has 0 aliphatic carbocycles. The molecule has 0 aromatic heterocycles. The summed E-state index contributed by atoms with van der Waals surface area (Å²) in [6, 6.07) is 26.7. The van der Waals surface area contributed by atoms with Crippen molar-refractivity contribution in [2.24, 2.45) is 0 Å². The molecule has 0 heterocycles. The van der Waals surface area contributed by atoms with Crippen LogP contribution in [0.15, 0.2) is 84.9 Å². The fourth-order valence-corrected chi connectivity index (χ4v) is 3.72. The molecule has 0 amide bonds. The number of benzene rings is 3. The van der Waals surface area contributed by atoms with Gasteiger partial charge in [0.05, 0.1) is 10.7 Å². The molecule has 0 radical (unpaired) electrons. The van der Waals surface area contributed by atoms with Gasteiger partial charge in [-0.3, -0.25) is 0 Å². The maximum absolute atomic E-state index is 10.7. The van der Waals surface area contributed by atoms with Gasteiger partial charge in [-0.25, -0.2) is 4.79 Å². The SMILES string of the molecule is O=C(O)c1ccccc1[O-].O=[N+]([O-])[O-].[Hg+][c]1ccccc1.[Hg+][c]1ccccc1. The molecule has 0 aliphatic rings. The summed E-state index contributed by atoms with van der Waals surface area (Å²) in [5.41, 5.74) is -0.178. The maximum atomic E-state index is 10.7. The summed E-state index contributed by atoms with van der Waals surface area (Å²) in [5.74, 6) is -1.62. The predicted octanol–water partition coefficient (Wildman–Crippen LogP) is 1.94. The number of hydrogen-bond donors (Lipinski definition) is 1. The Bertz CT molecular complexity index is 791. The molecule has 9 heteroatoms. The number of carboxylic acids is 1. The summed E-state index contributed by atoms with van der Waals surface area (Å²) < 4.78 is 3.03. The van der Waals surface area contributed by atoms with Crippen LogP contribution in [0.3, 0.4) is 0 Å². The standard InChI is InChI=1S/C7H6O3.2C6H5.2Hg.NO3/c8-6-4-2-1-3-5(6)7(9)10;2*1-2-4-6-5-3-1;;;2-1(3)4/h1-4,8H,(H,9,10);2*1-5H;;;/q;;;2*+1;-1/p-1. The van der Waals surface area contributed by atoms with Crippen molar-refractivity contribution in [1.82, 2.24) is 0 Å². The van der Waals surface area contributed by atoms with Crippen LogP contribution in [0.2, 0.25) is 0 Å². The van der Waals surface area contributed by atoms with Crippen LogP contribution in [0.4, 0.5) is 0 Å². The van der Waals surface area contributed by atoms with Gasteiger partial charge in [0.1, 0.15) is 0 Å². The Balaban J connectivity index is 0.000000364. The second-order valence-electron chi connectivity index (χ2n) is 5.00. The average Bonchev–Trinajstić information content (AvgIpc) is 2.64.